The van der Waals surface area contributed by atoms with Crippen LogP contribution in [0, 0.1) is 12.7 Å². The number of phenolic OH excluding ortho intramolecular Hbond substituents is 1. The van der Waals surface area contributed by atoms with Crippen LogP contribution in [0.2, 0.25) is 0 Å². The summed E-state index contributed by atoms with van der Waals surface area (Å²) in [6.45, 7) is 1.59. The van der Waals surface area contributed by atoms with E-state index in [-0.39, 0.29) is 11.6 Å². The summed E-state index contributed by atoms with van der Waals surface area (Å²) in [5.74, 6) is 0.0735. The number of nitrogen functional groups attached to an aromatic ring is 1. The molecule has 4 nitrogen and oxygen atoms in total. The van der Waals surface area contributed by atoms with Crippen LogP contribution >= 0.6 is 0 Å². The molecule has 0 fully saturated rings. The third-order valence-corrected chi connectivity index (χ3v) is 2.47. The number of aryl methyl sites for hydroxylation is 2. The molecule has 0 spiro atoms. The Morgan fingerprint density at radius 1 is 1.38 bits per heavy atom. The van der Waals surface area contributed by atoms with Crippen molar-refractivity contribution < 1.29 is 9.50 Å². The molecule has 84 valence electrons. The summed E-state index contributed by atoms with van der Waals surface area (Å²) in [5, 5.41) is 13.8. The van der Waals surface area contributed by atoms with Gasteiger partial charge in [-0.2, -0.15) is 5.10 Å². The second-order valence-electron chi connectivity index (χ2n) is 3.70. The van der Waals surface area contributed by atoms with Gasteiger partial charge in [0.15, 0.2) is 0 Å². The fourth-order valence-electron chi connectivity index (χ4n) is 1.48. The van der Waals surface area contributed by atoms with E-state index in [9.17, 15) is 9.50 Å². The third kappa shape index (κ3) is 1.60. The summed E-state index contributed by atoms with van der Waals surface area (Å²) in [6, 6.07) is 4.21. The van der Waals surface area contributed by atoms with Gasteiger partial charge in [-0.15, -0.1) is 0 Å². The molecule has 0 bridgehead atoms. The van der Waals surface area contributed by atoms with E-state index >= 15 is 0 Å². The average Bonchev–Trinajstić information content (AvgIpc) is 2.53. The van der Waals surface area contributed by atoms with Gasteiger partial charge in [0.2, 0.25) is 0 Å². The number of aromatic nitrogens is 2. The molecule has 0 saturated carbocycles. The molecule has 0 aliphatic carbocycles. The van der Waals surface area contributed by atoms with Crippen LogP contribution in [-0.2, 0) is 7.05 Å². The van der Waals surface area contributed by atoms with Crippen molar-refractivity contribution in [3.05, 3.63) is 29.6 Å². The van der Waals surface area contributed by atoms with Gasteiger partial charge in [-0.1, -0.05) is 0 Å². The fourth-order valence-corrected chi connectivity index (χ4v) is 1.48. The lowest BCUT2D eigenvalue weighted by molar-refractivity contribution is 0.474. The number of halogens is 1. The van der Waals surface area contributed by atoms with Gasteiger partial charge in [-0.05, 0) is 24.6 Å². The van der Waals surface area contributed by atoms with Crippen molar-refractivity contribution >= 4 is 5.82 Å². The summed E-state index contributed by atoms with van der Waals surface area (Å²) < 4.78 is 14.8. The van der Waals surface area contributed by atoms with Crippen LogP contribution < -0.4 is 5.73 Å². The van der Waals surface area contributed by atoms with Crippen molar-refractivity contribution in [2.45, 2.75) is 6.92 Å². The highest BCUT2D eigenvalue weighted by molar-refractivity contribution is 5.69. The predicted molar refractivity (Wildman–Crippen MR) is 59.4 cm³/mol. The molecule has 5 heteroatoms. The molecule has 1 heterocycles. The number of hydrogen-bond acceptors (Lipinski definition) is 3. The Hall–Kier alpha value is -2.04. The Balaban J connectivity index is 2.60. The zero-order chi connectivity index (χ0) is 11.9. The Morgan fingerprint density at radius 3 is 2.62 bits per heavy atom. The van der Waals surface area contributed by atoms with E-state index in [1.807, 2.05) is 0 Å². The topological polar surface area (TPSA) is 64.1 Å². The van der Waals surface area contributed by atoms with Crippen LogP contribution in [0.25, 0.3) is 11.3 Å². The maximum atomic E-state index is 13.4. The van der Waals surface area contributed by atoms with Gasteiger partial charge in [0.05, 0.1) is 5.69 Å². The summed E-state index contributed by atoms with van der Waals surface area (Å²) in [6.07, 6.45) is 0. The molecular formula is C11H12FN3O. The highest BCUT2D eigenvalue weighted by Crippen LogP contribution is 2.31. The Kier molecular flexibility index (Phi) is 2.30. The Labute approximate surface area is 92.1 Å². The summed E-state index contributed by atoms with van der Waals surface area (Å²) in [7, 11) is 1.68. The number of anilines is 1. The van der Waals surface area contributed by atoms with E-state index in [0.29, 0.717) is 22.6 Å². The van der Waals surface area contributed by atoms with Gasteiger partial charge in [-0.25, -0.2) is 4.39 Å². The third-order valence-electron chi connectivity index (χ3n) is 2.47. The zero-order valence-electron chi connectivity index (χ0n) is 9.03. The van der Waals surface area contributed by atoms with Crippen LogP contribution in [0.5, 0.6) is 5.75 Å². The molecular weight excluding hydrogens is 209 g/mol. The van der Waals surface area contributed by atoms with Crippen LogP contribution in [0.3, 0.4) is 0 Å². The molecule has 0 aliphatic heterocycles. The first-order valence-corrected chi connectivity index (χ1v) is 4.78. The molecule has 3 N–H and O–H groups in total. The lowest BCUT2D eigenvalue weighted by atomic mass is 10.1. The summed E-state index contributed by atoms with van der Waals surface area (Å²) >= 11 is 0. The smallest absolute Gasteiger partial charge is 0.127 e. The van der Waals surface area contributed by atoms with Crippen LogP contribution in [-0.4, -0.2) is 14.9 Å². The van der Waals surface area contributed by atoms with Gasteiger partial charge >= 0.3 is 0 Å². The van der Waals surface area contributed by atoms with E-state index in [1.165, 1.54) is 16.8 Å². The van der Waals surface area contributed by atoms with E-state index in [2.05, 4.69) is 5.10 Å². The number of benzene rings is 1. The minimum Gasteiger partial charge on any atom is -0.507 e. The number of nitrogens with two attached hydrogens (primary N) is 1. The van der Waals surface area contributed by atoms with Gasteiger partial charge in [0.25, 0.3) is 0 Å². The molecule has 0 saturated heterocycles. The number of nitrogens with zero attached hydrogens (tertiary/aromatic N) is 2. The molecule has 0 atom stereocenters. The second-order valence-corrected chi connectivity index (χ2v) is 3.70. The maximum Gasteiger partial charge on any atom is 0.127 e. The molecule has 0 amide bonds. The average molecular weight is 221 g/mol. The van der Waals surface area contributed by atoms with Crippen molar-refractivity contribution in [1.29, 1.82) is 0 Å². The molecule has 1 aromatic heterocycles. The van der Waals surface area contributed by atoms with Gasteiger partial charge in [0, 0.05) is 18.7 Å². The van der Waals surface area contributed by atoms with Crippen molar-refractivity contribution in [2.24, 2.45) is 7.05 Å². The van der Waals surface area contributed by atoms with E-state index < -0.39 is 0 Å². The molecule has 2 aromatic rings. The minimum absolute atomic E-state index is 0.00278. The van der Waals surface area contributed by atoms with Crippen molar-refractivity contribution in [1.82, 2.24) is 9.78 Å². The second kappa shape index (κ2) is 3.52. The molecule has 0 unspecified atom stereocenters. The van der Waals surface area contributed by atoms with E-state index in [4.69, 9.17) is 5.73 Å². The highest BCUT2D eigenvalue weighted by atomic mass is 19.1. The first-order chi connectivity index (χ1) is 7.49. The molecule has 0 aliphatic rings. The van der Waals surface area contributed by atoms with Crippen molar-refractivity contribution in [3.8, 4) is 17.0 Å². The minimum atomic E-state index is -0.378. The number of phenols is 1. The van der Waals surface area contributed by atoms with Crippen LogP contribution in [0.15, 0.2) is 18.2 Å². The van der Waals surface area contributed by atoms with Crippen LogP contribution in [0.4, 0.5) is 10.2 Å². The zero-order valence-corrected chi connectivity index (χ0v) is 9.03. The van der Waals surface area contributed by atoms with Gasteiger partial charge < -0.3 is 10.8 Å². The SMILES string of the molecule is Cc1cc(O)c(-c2cc(N)n(C)n2)cc1F. The van der Waals surface area contributed by atoms with Crippen LogP contribution in [0.1, 0.15) is 5.56 Å². The molecule has 2 rings (SSSR count). The normalized spacial score (nSPS) is 10.7. The lowest BCUT2D eigenvalue weighted by Gasteiger charge is -2.03. The Bertz CT molecular complexity index is 529. The maximum absolute atomic E-state index is 13.4. The summed E-state index contributed by atoms with van der Waals surface area (Å²) in [4.78, 5) is 0. The number of aromatic hydroxyl groups is 1. The molecule has 1 aromatic carbocycles. The standard InChI is InChI=1S/C11H12FN3O/c1-6-3-10(16)7(4-8(6)12)9-5-11(13)15(2)14-9/h3-5,16H,13H2,1-2H3. The lowest BCUT2D eigenvalue weighted by Crippen LogP contribution is -1.96. The number of rotatable bonds is 1. The quantitative estimate of drug-likeness (QED) is 0.772. The highest BCUT2D eigenvalue weighted by Gasteiger charge is 2.12. The van der Waals surface area contributed by atoms with Gasteiger partial charge in [0.1, 0.15) is 17.4 Å². The Morgan fingerprint density at radius 2 is 2.06 bits per heavy atom. The summed E-state index contributed by atoms with van der Waals surface area (Å²) in [5.41, 5.74) is 6.81. The van der Waals surface area contributed by atoms with E-state index in [0.717, 1.165) is 0 Å². The fraction of sp³-hybridized carbons (Fsp3) is 0.182. The first-order valence-electron chi connectivity index (χ1n) is 4.78. The van der Waals surface area contributed by atoms with Crippen molar-refractivity contribution in [2.75, 3.05) is 5.73 Å². The largest absolute Gasteiger partial charge is 0.507 e. The van der Waals surface area contributed by atoms with Crippen molar-refractivity contribution in [3.63, 3.8) is 0 Å². The molecule has 16 heavy (non-hydrogen) atoms. The van der Waals surface area contributed by atoms with Gasteiger partial charge in [-0.3, -0.25) is 4.68 Å². The van der Waals surface area contributed by atoms with E-state index in [1.54, 1.807) is 20.0 Å². The molecule has 0 radical (unpaired) electrons. The first kappa shape index (κ1) is 10.5. The number of hydrogen-bond donors (Lipinski definition) is 2. The monoisotopic (exact) mass is 221 g/mol. The predicted octanol–water partition coefficient (Wildman–Crippen LogP) is 1.82.